The van der Waals surface area contributed by atoms with Crippen molar-refractivity contribution in [2.75, 3.05) is 13.1 Å². The van der Waals surface area contributed by atoms with Crippen LogP contribution in [-0.4, -0.2) is 18.9 Å². The van der Waals surface area contributed by atoms with Crippen molar-refractivity contribution >= 4 is 5.78 Å². The summed E-state index contributed by atoms with van der Waals surface area (Å²) in [5, 5.41) is 3.43. The van der Waals surface area contributed by atoms with Gasteiger partial charge in [-0.25, -0.2) is 0 Å². The first kappa shape index (κ1) is 16.2. The van der Waals surface area contributed by atoms with Crippen LogP contribution in [0.15, 0.2) is 24.3 Å². The van der Waals surface area contributed by atoms with E-state index in [1.807, 2.05) is 0 Å². The molecule has 1 atom stereocenters. The molecule has 0 spiro atoms. The average molecular weight is 287 g/mol. The van der Waals surface area contributed by atoms with Crippen LogP contribution in [0.1, 0.15) is 57.6 Å². The van der Waals surface area contributed by atoms with Gasteiger partial charge >= 0.3 is 0 Å². The fraction of sp³-hybridized carbons (Fsp3) is 0.632. The molecule has 0 aromatic heterocycles. The third-order valence-corrected chi connectivity index (χ3v) is 5.05. The molecule has 0 aliphatic carbocycles. The van der Waals surface area contributed by atoms with Crippen LogP contribution in [0.25, 0.3) is 0 Å². The summed E-state index contributed by atoms with van der Waals surface area (Å²) in [6, 6.07) is 8.54. The molecule has 21 heavy (non-hydrogen) atoms. The third-order valence-electron chi connectivity index (χ3n) is 5.05. The standard InChI is InChI=1S/C19H29NO/c1-14(2)16-9-7-15(8-10-16)12-18(21)19(3,4)17-6-5-11-20-13-17/h7-10,14,17,20H,5-6,11-13H2,1-4H3. The number of ketones is 1. The summed E-state index contributed by atoms with van der Waals surface area (Å²) in [6.07, 6.45) is 2.91. The molecule has 1 aromatic rings. The highest BCUT2D eigenvalue weighted by molar-refractivity contribution is 5.86. The van der Waals surface area contributed by atoms with Crippen molar-refractivity contribution < 1.29 is 4.79 Å². The van der Waals surface area contributed by atoms with Crippen molar-refractivity contribution in [3.8, 4) is 0 Å². The van der Waals surface area contributed by atoms with Gasteiger partial charge in [0, 0.05) is 11.8 Å². The lowest BCUT2D eigenvalue weighted by atomic mass is 9.71. The van der Waals surface area contributed by atoms with Crippen molar-refractivity contribution in [3.05, 3.63) is 35.4 Å². The molecule has 1 aromatic carbocycles. The van der Waals surface area contributed by atoms with Crippen molar-refractivity contribution in [1.82, 2.24) is 5.32 Å². The van der Waals surface area contributed by atoms with E-state index in [4.69, 9.17) is 0 Å². The van der Waals surface area contributed by atoms with E-state index in [1.165, 1.54) is 12.0 Å². The summed E-state index contributed by atoms with van der Waals surface area (Å²) in [5.41, 5.74) is 2.24. The van der Waals surface area contributed by atoms with E-state index in [0.29, 0.717) is 24.0 Å². The maximum absolute atomic E-state index is 12.7. The van der Waals surface area contributed by atoms with Crippen LogP contribution >= 0.6 is 0 Å². The van der Waals surface area contributed by atoms with Crippen LogP contribution in [-0.2, 0) is 11.2 Å². The Hall–Kier alpha value is -1.15. The van der Waals surface area contributed by atoms with E-state index < -0.39 is 0 Å². The fourth-order valence-electron chi connectivity index (χ4n) is 3.13. The molecule has 2 nitrogen and oxygen atoms in total. The third kappa shape index (κ3) is 3.94. The van der Waals surface area contributed by atoms with E-state index >= 15 is 0 Å². The smallest absolute Gasteiger partial charge is 0.143 e. The van der Waals surface area contributed by atoms with E-state index in [0.717, 1.165) is 25.1 Å². The lowest BCUT2D eigenvalue weighted by molar-refractivity contribution is -0.129. The predicted molar refractivity (Wildman–Crippen MR) is 88.6 cm³/mol. The van der Waals surface area contributed by atoms with E-state index in [9.17, 15) is 4.79 Å². The number of piperidine rings is 1. The fourth-order valence-corrected chi connectivity index (χ4v) is 3.13. The first-order chi connectivity index (χ1) is 9.91. The largest absolute Gasteiger partial charge is 0.316 e. The van der Waals surface area contributed by atoms with Gasteiger partial charge in [-0.2, -0.15) is 0 Å². The second-order valence-electron chi connectivity index (χ2n) is 7.26. The zero-order chi connectivity index (χ0) is 15.5. The number of hydrogen-bond acceptors (Lipinski definition) is 2. The Bertz CT molecular complexity index is 467. The molecule has 1 aliphatic heterocycles. The van der Waals surface area contributed by atoms with Crippen molar-refractivity contribution in [2.24, 2.45) is 11.3 Å². The lowest BCUT2D eigenvalue weighted by Crippen LogP contribution is -2.43. The van der Waals surface area contributed by atoms with E-state index in [-0.39, 0.29) is 5.41 Å². The number of carbonyl (C=O) groups excluding carboxylic acids is 1. The minimum atomic E-state index is -0.232. The minimum Gasteiger partial charge on any atom is -0.316 e. The van der Waals surface area contributed by atoms with Crippen molar-refractivity contribution in [1.29, 1.82) is 0 Å². The highest BCUT2D eigenvalue weighted by atomic mass is 16.1. The Kier molecular flexibility index (Phi) is 5.21. The number of nitrogens with one attached hydrogen (secondary N) is 1. The summed E-state index contributed by atoms with van der Waals surface area (Å²) in [6.45, 7) is 10.7. The van der Waals surface area contributed by atoms with Crippen molar-refractivity contribution in [3.63, 3.8) is 0 Å². The van der Waals surface area contributed by atoms with Gasteiger partial charge in [0.25, 0.3) is 0 Å². The highest BCUT2D eigenvalue weighted by Gasteiger charge is 2.36. The molecule has 1 unspecified atom stereocenters. The Morgan fingerprint density at radius 2 is 1.95 bits per heavy atom. The second-order valence-corrected chi connectivity index (χ2v) is 7.26. The minimum absolute atomic E-state index is 0.232. The molecule has 1 heterocycles. The molecule has 0 radical (unpaired) electrons. The van der Waals surface area contributed by atoms with Gasteiger partial charge in [0.05, 0.1) is 0 Å². The van der Waals surface area contributed by atoms with Gasteiger partial charge in [-0.1, -0.05) is 52.0 Å². The van der Waals surface area contributed by atoms with Crippen LogP contribution in [0.4, 0.5) is 0 Å². The molecule has 0 saturated carbocycles. The molecule has 1 N–H and O–H groups in total. The predicted octanol–water partition coefficient (Wildman–Crippen LogP) is 3.95. The van der Waals surface area contributed by atoms with Crippen LogP contribution in [0.5, 0.6) is 0 Å². The van der Waals surface area contributed by atoms with Gasteiger partial charge in [0.2, 0.25) is 0 Å². The summed E-state index contributed by atoms with van der Waals surface area (Å²) in [5.74, 6) is 1.38. The van der Waals surface area contributed by atoms with E-state index in [2.05, 4.69) is 57.3 Å². The SMILES string of the molecule is CC(C)c1ccc(CC(=O)C(C)(C)C2CCCNC2)cc1. The molecule has 116 valence electrons. The number of hydrogen-bond donors (Lipinski definition) is 1. The Morgan fingerprint density at radius 3 is 2.48 bits per heavy atom. The quantitative estimate of drug-likeness (QED) is 0.888. The number of rotatable bonds is 5. The number of benzene rings is 1. The zero-order valence-electron chi connectivity index (χ0n) is 13.9. The molecular weight excluding hydrogens is 258 g/mol. The van der Waals surface area contributed by atoms with Gasteiger partial charge in [-0.05, 0) is 48.9 Å². The molecular formula is C19H29NO. The van der Waals surface area contributed by atoms with Crippen LogP contribution in [0.3, 0.4) is 0 Å². The summed E-state index contributed by atoms with van der Waals surface area (Å²) < 4.78 is 0. The van der Waals surface area contributed by atoms with Gasteiger partial charge < -0.3 is 5.32 Å². The molecule has 1 aliphatic rings. The zero-order valence-corrected chi connectivity index (χ0v) is 13.9. The second kappa shape index (κ2) is 6.74. The topological polar surface area (TPSA) is 29.1 Å². The molecule has 0 bridgehead atoms. The summed E-state index contributed by atoms with van der Waals surface area (Å²) in [4.78, 5) is 12.7. The molecule has 1 fully saturated rings. The normalized spacial score (nSPS) is 19.8. The maximum Gasteiger partial charge on any atom is 0.143 e. The first-order valence-electron chi connectivity index (χ1n) is 8.24. The number of Topliss-reactive ketones (excluding diaryl/α,β-unsaturated/α-hetero) is 1. The van der Waals surface area contributed by atoms with Crippen LogP contribution < -0.4 is 5.32 Å². The highest BCUT2D eigenvalue weighted by Crippen LogP contribution is 2.33. The van der Waals surface area contributed by atoms with E-state index in [1.54, 1.807) is 0 Å². The Labute approximate surface area is 129 Å². The Balaban J connectivity index is 2.02. The van der Waals surface area contributed by atoms with Gasteiger partial charge in [-0.3, -0.25) is 4.79 Å². The van der Waals surface area contributed by atoms with Gasteiger partial charge in [0.1, 0.15) is 5.78 Å². The van der Waals surface area contributed by atoms with Crippen molar-refractivity contribution in [2.45, 2.75) is 52.9 Å². The van der Waals surface area contributed by atoms with Crippen LogP contribution in [0.2, 0.25) is 0 Å². The molecule has 1 saturated heterocycles. The first-order valence-corrected chi connectivity index (χ1v) is 8.24. The van der Waals surface area contributed by atoms with Crippen LogP contribution in [0, 0.1) is 11.3 Å². The van der Waals surface area contributed by atoms with Gasteiger partial charge in [0.15, 0.2) is 0 Å². The van der Waals surface area contributed by atoms with Gasteiger partial charge in [-0.15, -0.1) is 0 Å². The molecule has 2 rings (SSSR count). The maximum atomic E-state index is 12.7. The average Bonchev–Trinajstić information content (AvgIpc) is 2.48. The summed E-state index contributed by atoms with van der Waals surface area (Å²) >= 11 is 0. The Morgan fingerprint density at radius 1 is 1.29 bits per heavy atom. The summed E-state index contributed by atoms with van der Waals surface area (Å²) in [7, 11) is 0. The molecule has 2 heteroatoms. The number of carbonyl (C=O) groups is 1. The lowest BCUT2D eigenvalue weighted by Gasteiger charge is -2.36. The molecule has 0 amide bonds. The monoisotopic (exact) mass is 287 g/mol.